The third-order valence-corrected chi connectivity index (χ3v) is 12.6. The largest absolute Gasteiger partial charge is 0.356 e. The fourth-order valence-electron chi connectivity index (χ4n) is 5.04. The average molecular weight is 998 g/mol. The maximum absolute atomic E-state index is 11.8. The predicted octanol–water partition coefficient (Wildman–Crippen LogP) is 13.1. The Balaban J connectivity index is -0.000000382. The van der Waals surface area contributed by atoms with E-state index in [2.05, 4.69) is 49.0 Å². The van der Waals surface area contributed by atoms with Crippen molar-refractivity contribution in [2.24, 2.45) is 45.8 Å². The van der Waals surface area contributed by atoms with Crippen molar-refractivity contribution in [1.29, 1.82) is 0 Å². The molecule has 0 heterocycles. The summed E-state index contributed by atoms with van der Waals surface area (Å²) in [6, 6.07) is 19.1. The van der Waals surface area contributed by atoms with E-state index in [-0.39, 0.29) is 69.4 Å². The molecule has 71 heavy (non-hydrogen) atoms. The topological polar surface area (TPSA) is 157 Å². The van der Waals surface area contributed by atoms with Crippen LogP contribution in [0.25, 0.3) is 0 Å². The third-order valence-electron chi connectivity index (χ3n) is 12.6. The summed E-state index contributed by atoms with van der Waals surface area (Å²) >= 11 is 0. The van der Waals surface area contributed by atoms with Gasteiger partial charge >= 0.3 is 0 Å². The molecular formula is C59H108N6O6. The van der Waals surface area contributed by atoms with E-state index in [4.69, 9.17) is 0 Å². The van der Waals surface area contributed by atoms with Crippen LogP contribution in [0.5, 0.6) is 0 Å². The van der Waals surface area contributed by atoms with Gasteiger partial charge < -0.3 is 31.1 Å². The Morgan fingerprint density at radius 2 is 0.803 bits per heavy atom. The highest BCUT2D eigenvalue weighted by atomic mass is 16.2. The molecule has 410 valence electrons. The normalized spacial score (nSPS) is 12.0. The van der Waals surface area contributed by atoms with Crippen molar-refractivity contribution >= 4 is 46.8 Å². The lowest BCUT2D eigenvalue weighted by atomic mass is 9.89. The molecule has 2 rings (SSSR count). The lowest BCUT2D eigenvalue weighted by Crippen LogP contribution is -2.37. The zero-order valence-electron chi connectivity index (χ0n) is 49.6. The molecule has 0 aliphatic heterocycles. The highest BCUT2D eigenvalue weighted by Gasteiger charge is 2.27. The molecule has 12 heteroatoms. The van der Waals surface area contributed by atoms with E-state index < -0.39 is 0 Å². The molecule has 0 aliphatic rings. The maximum atomic E-state index is 11.8. The van der Waals surface area contributed by atoms with Crippen molar-refractivity contribution in [1.82, 2.24) is 20.4 Å². The summed E-state index contributed by atoms with van der Waals surface area (Å²) in [4.78, 5) is 71.6. The Kier molecular flexibility index (Phi) is 40.8. The highest BCUT2D eigenvalue weighted by Crippen LogP contribution is 2.23. The summed E-state index contributed by atoms with van der Waals surface area (Å²) in [6.45, 7) is 40.1. The zero-order chi connectivity index (χ0) is 56.1. The molecule has 2 aromatic rings. The van der Waals surface area contributed by atoms with Gasteiger partial charge in [0.1, 0.15) is 0 Å². The second-order valence-corrected chi connectivity index (χ2v) is 21.7. The highest BCUT2D eigenvalue weighted by molar-refractivity contribution is 5.94. The molecule has 0 bridgehead atoms. The van der Waals surface area contributed by atoms with Crippen LogP contribution in [0.4, 0.5) is 11.4 Å². The van der Waals surface area contributed by atoms with Gasteiger partial charge in [0.25, 0.3) is 0 Å². The zero-order valence-corrected chi connectivity index (χ0v) is 49.6. The van der Waals surface area contributed by atoms with Crippen LogP contribution in [-0.4, -0.2) is 86.5 Å². The van der Waals surface area contributed by atoms with Crippen LogP contribution in [0.2, 0.25) is 0 Å². The fourth-order valence-corrected chi connectivity index (χ4v) is 5.04. The number of benzene rings is 2. The first-order chi connectivity index (χ1) is 32.8. The molecule has 0 saturated carbocycles. The van der Waals surface area contributed by atoms with Crippen LogP contribution in [0, 0.1) is 45.8 Å². The van der Waals surface area contributed by atoms with Gasteiger partial charge in [-0.25, -0.2) is 0 Å². The third kappa shape index (κ3) is 36.8. The van der Waals surface area contributed by atoms with Gasteiger partial charge in [-0.1, -0.05) is 168 Å². The van der Waals surface area contributed by atoms with Gasteiger partial charge in [0.15, 0.2) is 0 Å². The molecule has 3 unspecified atom stereocenters. The van der Waals surface area contributed by atoms with Crippen LogP contribution < -0.4 is 21.3 Å². The van der Waals surface area contributed by atoms with Gasteiger partial charge in [-0.3, -0.25) is 28.8 Å². The minimum absolute atomic E-state index is 0.0752. The Bertz CT molecular complexity index is 1720. The van der Waals surface area contributed by atoms with Crippen molar-refractivity contribution in [3.05, 3.63) is 60.7 Å². The molecule has 3 atom stereocenters. The summed E-state index contributed by atoms with van der Waals surface area (Å²) in [5.74, 6) is 2.71. The second-order valence-electron chi connectivity index (χ2n) is 21.7. The van der Waals surface area contributed by atoms with E-state index in [0.717, 1.165) is 75.8 Å². The van der Waals surface area contributed by atoms with E-state index in [9.17, 15) is 28.8 Å². The minimum Gasteiger partial charge on any atom is -0.356 e. The SMILES string of the molecule is CCC(C)(C)C(=O)N(C)C.CCC(C)(C)C(=O)NCCC(C)C.CCC(C)(C)C(=O)Nc1ccccc1.CCC(C)C(=O)N(C)C.CCC(C)C(=O)NCCC(C)C.CCC(C)C(=O)Nc1ccccc1. The first kappa shape index (κ1) is 72.8. The van der Waals surface area contributed by atoms with E-state index in [0.29, 0.717) is 11.8 Å². The molecule has 12 nitrogen and oxygen atoms in total. The van der Waals surface area contributed by atoms with Crippen LogP contribution in [0.1, 0.15) is 183 Å². The van der Waals surface area contributed by atoms with Gasteiger partial charge in [-0.2, -0.15) is 0 Å². The smallest absolute Gasteiger partial charge is 0.230 e. The van der Waals surface area contributed by atoms with Gasteiger partial charge in [-0.05, 0) is 87.5 Å². The summed E-state index contributed by atoms with van der Waals surface area (Å²) < 4.78 is 0. The quantitative estimate of drug-likeness (QED) is 0.103. The Morgan fingerprint density at radius 1 is 0.451 bits per heavy atom. The summed E-state index contributed by atoms with van der Waals surface area (Å²) in [5, 5.41) is 11.6. The molecule has 0 radical (unpaired) electrons. The standard InChI is InChI=1S/C12H17NO.C11H15NO.C11H23NO.C10H21NO.C8H17NO.C7H15NO/c1-4-12(2,3)11(14)13-10-8-6-5-7-9-10;1-3-9(2)11(13)12-10-7-5-4-6-8-10;1-6-11(4,5)10(13)12-8-7-9(2)3;1-5-9(4)10(12)11-7-6-8(2)3;1-6-8(2,3)7(10)9(4)5;1-5-6(2)7(9)8(3)4/h5-9H,4H2,1-3H3,(H,13,14);4-9H,3H2,1-2H3,(H,12,13);9H,6-8H2,1-5H3,(H,12,13);8-9H,5-7H2,1-4H3,(H,11,12);6H2,1-5H3;6H,5H2,1-4H3. The van der Waals surface area contributed by atoms with E-state index >= 15 is 0 Å². The average Bonchev–Trinajstić information content (AvgIpc) is 3.33. The van der Waals surface area contributed by atoms with Gasteiger partial charge in [0.2, 0.25) is 35.4 Å². The van der Waals surface area contributed by atoms with Crippen molar-refractivity contribution in [2.45, 2.75) is 183 Å². The maximum Gasteiger partial charge on any atom is 0.230 e. The van der Waals surface area contributed by atoms with Crippen LogP contribution >= 0.6 is 0 Å². The molecule has 0 aliphatic carbocycles. The van der Waals surface area contributed by atoms with E-state index in [1.807, 2.05) is 165 Å². The molecule has 0 spiro atoms. The first-order valence-electron chi connectivity index (χ1n) is 26.5. The van der Waals surface area contributed by atoms with Gasteiger partial charge in [0, 0.05) is 86.7 Å². The predicted molar refractivity (Wildman–Crippen MR) is 303 cm³/mol. The van der Waals surface area contributed by atoms with Crippen molar-refractivity contribution in [3.63, 3.8) is 0 Å². The molecule has 4 N–H and O–H groups in total. The van der Waals surface area contributed by atoms with Crippen molar-refractivity contribution < 1.29 is 28.8 Å². The molecule has 0 aromatic heterocycles. The Labute approximate surface area is 435 Å². The number of amides is 6. The van der Waals surface area contributed by atoms with Crippen LogP contribution in [-0.2, 0) is 28.8 Å². The van der Waals surface area contributed by atoms with Crippen LogP contribution in [0.3, 0.4) is 0 Å². The number of hydrogen-bond donors (Lipinski definition) is 4. The number of carbonyl (C=O) groups excluding carboxylic acids is 6. The van der Waals surface area contributed by atoms with E-state index in [1.165, 1.54) is 0 Å². The number of anilines is 2. The molecule has 2 aromatic carbocycles. The van der Waals surface area contributed by atoms with Gasteiger partial charge in [-0.15, -0.1) is 0 Å². The summed E-state index contributed by atoms with van der Waals surface area (Å²) in [6.07, 6.45) is 7.48. The first-order valence-corrected chi connectivity index (χ1v) is 26.5. The molecule has 6 amide bonds. The molecule has 0 fully saturated rings. The second kappa shape index (κ2) is 39.8. The van der Waals surface area contributed by atoms with Crippen molar-refractivity contribution in [3.8, 4) is 0 Å². The lowest BCUT2D eigenvalue weighted by Gasteiger charge is -2.25. The Hall–Kier alpha value is -4.74. The number of carbonyl (C=O) groups is 6. The summed E-state index contributed by atoms with van der Waals surface area (Å²) in [5.41, 5.74) is 1.03. The minimum atomic E-state index is -0.296. The number of hydrogen-bond acceptors (Lipinski definition) is 6. The Morgan fingerprint density at radius 3 is 1.11 bits per heavy atom. The summed E-state index contributed by atoms with van der Waals surface area (Å²) in [7, 11) is 7.16. The molecule has 0 saturated heterocycles. The number of para-hydroxylation sites is 2. The number of nitrogens with zero attached hydrogens (tertiary/aromatic N) is 2. The molecular weight excluding hydrogens is 889 g/mol. The van der Waals surface area contributed by atoms with E-state index in [1.54, 1.807) is 38.0 Å². The number of rotatable bonds is 20. The van der Waals surface area contributed by atoms with Crippen molar-refractivity contribution in [2.75, 3.05) is 51.9 Å². The fraction of sp³-hybridized carbons (Fsp3) is 0.695. The lowest BCUT2D eigenvalue weighted by molar-refractivity contribution is -0.137. The monoisotopic (exact) mass is 997 g/mol. The number of nitrogens with one attached hydrogen (secondary N) is 4. The van der Waals surface area contributed by atoms with Gasteiger partial charge in [0.05, 0.1) is 0 Å². The van der Waals surface area contributed by atoms with Crippen LogP contribution in [0.15, 0.2) is 60.7 Å².